The molecule has 0 aliphatic carbocycles. The zero-order valence-corrected chi connectivity index (χ0v) is 12.4. The summed E-state index contributed by atoms with van der Waals surface area (Å²) in [4.78, 5) is 2.69. The molecule has 3 atom stereocenters. The maximum atomic E-state index is 5.78. The van der Waals surface area contributed by atoms with Crippen LogP contribution < -0.4 is 0 Å². The van der Waals surface area contributed by atoms with Crippen molar-refractivity contribution in [2.75, 3.05) is 20.2 Å². The number of fused-ring (bicyclic) bond motifs is 1. The highest BCUT2D eigenvalue weighted by Gasteiger charge is 2.39. The van der Waals surface area contributed by atoms with Crippen molar-refractivity contribution in [1.29, 1.82) is 0 Å². The lowest BCUT2D eigenvalue weighted by molar-refractivity contribution is -0.0226. The van der Waals surface area contributed by atoms with Gasteiger partial charge < -0.3 is 4.74 Å². The van der Waals surface area contributed by atoms with Crippen molar-refractivity contribution in [1.82, 2.24) is 4.90 Å². The van der Waals surface area contributed by atoms with Crippen LogP contribution in [0.25, 0.3) is 0 Å². The molecule has 1 aromatic carbocycles. The minimum Gasteiger partial charge on any atom is -0.381 e. The lowest BCUT2D eigenvalue weighted by atomic mass is 9.77. The normalized spacial score (nSPS) is 31.3. The number of halogens is 1. The van der Waals surface area contributed by atoms with Gasteiger partial charge in [-0.25, -0.2) is 0 Å². The van der Waals surface area contributed by atoms with Gasteiger partial charge in [-0.05, 0) is 31.4 Å². The number of hydrogen-bond acceptors (Lipinski definition) is 2. The Labute approximate surface area is 122 Å². The van der Waals surface area contributed by atoms with Crippen LogP contribution in [-0.2, 0) is 4.74 Å². The van der Waals surface area contributed by atoms with Crippen LogP contribution in [0.2, 0.25) is 0 Å². The van der Waals surface area contributed by atoms with Crippen LogP contribution in [0.5, 0.6) is 0 Å². The summed E-state index contributed by atoms with van der Waals surface area (Å²) in [6, 6.07) is 11.7. The zero-order valence-electron chi connectivity index (χ0n) is 11.6. The molecular weight excluding hydrogens is 258 g/mol. The van der Waals surface area contributed by atoms with Crippen molar-refractivity contribution >= 4 is 12.4 Å². The molecule has 1 aromatic rings. The number of nitrogens with zero attached hydrogens (tertiary/aromatic N) is 1. The van der Waals surface area contributed by atoms with Gasteiger partial charge in [0.1, 0.15) is 0 Å². The van der Waals surface area contributed by atoms with Gasteiger partial charge in [0.25, 0.3) is 0 Å². The molecule has 19 heavy (non-hydrogen) atoms. The van der Waals surface area contributed by atoms with Crippen LogP contribution in [0.3, 0.4) is 0 Å². The van der Waals surface area contributed by atoms with E-state index in [0.29, 0.717) is 18.1 Å². The Morgan fingerprint density at radius 2 is 1.84 bits per heavy atom. The summed E-state index contributed by atoms with van der Waals surface area (Å²) in [6.07, 6.45) is 5.65. The van der Waals surface area contributed by atoms with E-state index in [1.165, 1.54) is 44.3 Å². The fraction of sp³-hybridized carbons (Fsp3) is 0.625. The van der Waals surface area contributed by atoms with Crippen LogP contribution in [0.1, 0.15) is 37.2 Å². The molecule has 0 aromatic heterocycles. The van der Waals surface area contributed by atoms with Crippen LogP contribution >= 0.6 is 12.4 Å². The Hall–Kier alpha value is -0.570. The molecule has 0 radical (unpaired) electrons. The first-order chi connectivity index (χ1) is 8.90. The summed E-state index contributed by atoms with van der Waals surface area (Å²) in [6.45, 7) is 2.50. The Kier molecular flexibility index (Phi) is 5.26. The number of ether oxygens (including phenoxy) is 1. The Balaban J connectivity index is 0.00000133. The maximum Gasteiger partial charge on any atom is 0.0667 e. The Morgan fingerprint density at radius 1 is 1.05 bits per heavy atom. The minimum absolute atomic E-state index is 0. The molecule has 2 nitrogen and oxygen atoms in total. The predicted octanol–water partition coefficient (Wildman–Crippen LogP) is 3.47. The fourth-order valence-electron chi connectivity index (χ4n) is 3.80. The molecule has 2 fully saturated rings. The SMILES string of the molecule is CO[C@@H]1CCN2CCCC[C@@H]2[C@H]1c1ccccc1.Cl. The van der Waals surface area contributed by atoms with E-state index in [-0.39, 0.29) is 12.4 Å². The highest BCUT2D eigenvalue weighted by Crippen LogP contribution is 2.38. The van der Waals surface area contributed by atoms with Crippen LogP contribution in [0.15, 0.2) is 30.3 Å². The molecule has 3 rings (SSSR count). The summed E-state index contributed by atoms with van der Waals surface area (Å²) in [5, 5.41) is 0. The van der Waals surface area contributed by atoms with Crippen molar-refractivity contribution in [2.24, 2.45) is 0 Å². The van der Waals surface area contributed by atoms with E-state index < -0.39 is 0 Å². The molecule has 106 valence electrons. The van der Waals surface area contributed by atoms with E-state index in [9.17, 15) is 0 Å². The molecule has 2 aliphatic rings. The van der Waals surface area contributed by atoms with Crippen molar-refractivity contribution < 1.29 is 4.74 Å². The lowest BCUT2D eigenvalue weighted by Crippen LogP contribution is -2.52. The first-order valence-corrected chi connectivity index (χ1v) is 7.22. The monoisotopic (exact) mass is 281 g/mol. The smallest absolute Gasteiger partial charge is 0.0667 e. The maximum absolute atomic E-state index is 5.78. The molecule has 3 heteroatoms. The van der Waals surface area contributed by atoms with Crippen LogP contribution in [0, 0.1) is 0 Å². The Bertz CT molecular complexity index is 384. The summed E-state index contributed by atoms with van der Waals surface area (Å²) >= 11 is 0. The quantitative estimate of drug-likeness (QED) is 0.823. The van der Waals surface area contributed by atoms with Crippen molar-refractivity contribution in [2.45, 2.75) is 43.7 Å². The third kappa shape index (κ3) is 2.96. The number of benzene rings is 1. The van der Waals surface area contributed by atoms with Gasteiger partial charge in [-0.15, -0.1) is 12.4 Å². The van der Waals surface area contributed by atoms with E-state index in [0.717, 1.165) is 0 Å². The summed E-state index contributed by atoms with van der Waals surface area (Å²) in [5.41, 5.74) is 1.46. The average Bonchev–Trinajstić information content (AvgIpc) is 2.47. The van der Waals surface area contributed by atoms with Gasteiger partial charge >= 0.3 is 0 Å². The average molecular weight is 282 g/mol. The fourth-order valence-corrected chi connectivity index (χ4v) is 3.80. The third-order valence-corrected chi connectivity index (χ3v) is 4.67. The minimum atomic E-state index is 0. The number of piperidine rings is 2. The number of methoxy groups -OCH3 is 1. The first-order valence-electron chi connectivity index (χ1n) is 7.22. The molecule has 0 bridgehead atoms. The van der Waals surface area contributed by atoms with Gasteiger partial charge in [0, 0.05) is 25.6 Å². The zero-order chi connectivity index (χ0) is 12.4. The molecule has 2 saturated heterocycles. The van der Waals surface area contributed by atoms with E-state index >= 15 is 0 Å². The second-order valence-electron chi connectivity index (χ2n) is 5.60. The molecule has 0 N–H and O–H groups in total. The van der Waals surface area contributed by atoms with Crippen molar-refractivity contribution in [3.63, 3.8) is 0 Å². The molecular formula is C16H24ClNO. The highest BCUT2D eigenvalue weighted by atomic mass is 35.5. The molecule has 0 unspecified atom stereocenters. The van der Waals surface area contributed by atoms with Gasteiger partial charge in [0.05, 0.1) is 6.10 Å². The summed E-state index contributed by atoms with van der Waals surface area (Å²) in [7, 11) is 1.87. The summed E-state index contributed by atoms with van der Waals surface area (Å²) < 4.78 is 5.78. The topological polar surface area (TPSA) is 12.5 Å². The van der Waals surface area contributed by atoms with Gasteiger partial charge in [0.2, 0.25) is 0 Å². The first kappa shape index (κ1) is 14.8. The largest absolute Gasteiger partial charge is 0.381 e. The predicted molar refractivity (Wildman–Crippen MR) is 81.1 cm³/mol. The molecule has 2 aliphatic heterocycles. The molecule has 0 spiro atoms. The number of rotatable bonds is 2. The van der Waals surface area contributed by atoms with E-state index in [2.05, 4.69) is 35.2 Å². The molecule has 0 saturated carbocycles. The molecule has 2 heterocycles. The van der Waals surface area contributed by atoms with Gasteiger partial charge in [-0.2, -0.15) is 0 Å². The van der Waals surface area contributed by atoms with Gasteiger partial charge in [-0.3, -0.25) is 4.90 Å². The second-order valence-corrected chi connectivity index (χ2v) is 5.60. The number of hydrogen-bond donors (Lipinski definition) is 0. The van der Waals surface area contributed by atoms with E-state index in [4.69, 9.17) is 4.74 Å². The lowest BCUT2D eigenvalue weighted by Gasteiger charge is -2.47. The molecule has 0 amide bonds. The van der Waals surface area contributed by atoms with Gasteiger partial charge in [0.15, 0.2) is 0 Å². The second kappa shape index (κ2) is 6.74. The van der Waals surface area contributed by atoms with Crippen LogP contribution in [-0.4, -0.2) is 37.2 Å². The highest BCUT2D eigenvalue weighted by molar-refractivity contribution is 5.85. The Morgan fingerprint density at radius 3 is 2.58 bits per heavy atom. The summed E-state index contributed by atoms with van der Waals surface area (Å²) in [5.74, 6) is 0.560. The third-order valence-electron chi connectivity index (χ3n) is 4.67. The standard InChI is InChI=1S/C16H23NO.ClH/c1-18-15-10-12-17-11-6-5-9-14(17)16(15)13-7-3-2-4-8-13;/h2-4,7-8,14-16H,5-6,9-12H2,1H3;1H/t14-,15-,16-;/m1./s1. The van der Waals surface area contributed by atoms with Crippen LogP contribution in [0.4, 0.5) is 0 Å². The van der Waals surface area contributed by atoms with Crippen molar-refractivity contribution in [3.05, 3.63) is 35.9 Å². The van der Waals surface area contributed by atoms with Gasteiger partial charge in [-0.1, -0.05) is 36.8 Å². The van der Waals surface area contributed by atoms with E-state index in [1.807, 2.05) is 7.11 Å². The van der Waals surface area contributed by atoms with Crippen molar-refractivity contribution in [3.8, 4) is 0 Å². The van der Waals surface area contributed by atoms with E-state index in [1.54, 1.807) is 0 Å².